The zero-order chi connectivity index (χ0) is 20.5. The number of nitrogens with one attached hydrogen (secondary N) is 2. The van der Waals surface area contributed by atoms with Crippen LogP contribution in [-0.2, 0) is 12.8 Å². The van der Waals surface area contributed by atoms with Gasteiger partial charge in [-0.2, -0.15) is 0 Å². The van der Waals surface area contributed by atoms with Gasteiger partial charge in [-0.1, -0.05) is 0 Å². The fraction of sp³-hybridized carbons (Fsp3) is 0.333. The molecular formula is C21H22F2N4OS. The lowest BCUT2D eigenvalue weighted by Crippen LogP contribution is -2.43. The molecule has 4 N–H and O–H groups in total. The summed E-state index contributed by atoms with van der Waals surface area (Å²) in [5, 5.41) is 6.61. The van der Waals surface area contributed by atoms with Gasteiger partial charge in [-0.3, -0.25) is 4.79 Å². The third-order valence-electron chi connectivity index (χ3n) is 5.21. The molecule has 1 fully saturated rings. The number of halogens is 2. The second-order valence-corrected chi connectivity index (χ2v) is 8.42. The van der Waals surface area contributed by atoms with E-state index in [-0.39, 0.29) is 24.4 Å². The third kappa shape index (κ3) is 4.09. The van der Waals surface area contributed by atoms with Gasteiger partial charge in [0.15, 0.2) is 0 Å². The Morgan fingerprint density at radius 1 is 1.28 bits per heavy atom. The Balaban J connectivity index is 1.40. The molecule has 1 aromatic carbocycles. The molecular weight excluding hydrogens is 394 g/mol. The summed E-state index contributed by atoms with van der Waals surface area (Å²) in [6, 6.07) is 6.21. The summed E-state index contributed by atoms with van der Waals surface area (Å²) in [5.41, 5.74) is 7.98. The highest BCUT2D eigenvalue weighted by atomic mass is 32.1. The standard InChI is InChI=1S/C21H22F2N4OS/c1-11-2-3-15-18(24)19(29-21(15)27-11)20(28)26-5-4-13-7-17(23)14(8-16(13)22)6-12-9-25-10-12/h2-3,7-8,12,25H,4-6,9-10,24H2,1H3,(H,26,28). The van der Waals surface area contributed by atoms with Gasteiger partial charge < -0.3 is 16.4 Å². The average molecular weight is 416 g/mol. The molecule has 0 bridgehead atoms. The molecule has 29 heavy (non-hydrogen) atoms. The minimum Gasteiger partial charge on any atom is -0.397 e. The van der Waals surface area contributed by atoms with E-state index in [2.05, 4.69) is 15.6 Å². The maximum absolute atomic E-state index is 14.4. The molecule has 0 saturated carbocycles. The number of thiophene rings is 1. The van der Waals surface area contributed by atoms with E-state index >= 15 is 0 Å². The predicted octanol–water partition coefficient (Wildman–Crippen LogP) is 3.20. The Labute approximate surface area is 171 Å². The number of pyridine rings is 1. The molecule has 3 heterocycles. The van der Waals surface area contributed by atoms with Gasteiger partial charge in [0.05, 0.1) is 5.69 Å². The van der Waals surface area contributed by atoms with E-state index in [0.717, 1.165) is 24.2 Å². The molecule has 1 amide bonds. The number of carbonyl (C=O) groups is 1. The zero-order valence-electron chi connectivity index (χ0n) is 16.0. The highest BCUT2D eigenvalue weighted by Crippen LogP contribution is 2.32. The van der Waals surface area contributed by atoms with E-state index in [9.17, 15) is 13.6 Å². The number of amides is 1. The molecule has 3 aromatic rings. The molecule has 152 valence electrons. The lowest BCUT2D eigenvalue weighted by molar-refractivity contribution is 0.0959. The Morgan fingerprint density at radius 3 is 2.72 bits per heavy atom. The SMILES string of the molecule is Cc1ccc2c(N)c(C(=O)NCCc3cc(F)c(CC4CNC4)cc3F)sc2n1. The van der Waals surface area contributed by atoms with Crippen LogP contribution in [0.5, 0.6) is 0 Å². The molecule has 1 aliphatic heterocycles. The Kier molecular flexibility index (Phi) is 5.47. The highest BCUT2D eigenvalue weighted by molar-refractivity contribution is 7.21. The van der Waals surface area contributed by atoms with Crippen molar-refractivity contribution in [1.82, 2.24) is 15.6 Å². The lowest BCUT2D eigenvalue weighted by atomic mass is 9.93. The van der Waals surface area contributed by atoms with Crippen molar-refractivity contribution in [1.29, 1.82) is 0 Å². The quantitative estimate of drug-likeness (QED) is 0.577. The van der Waals surface area contributed by atoms with Crippen LogP contribution in [0, 0.1) is 24.5 Å². The van der Waals surface area contributed by atoms with Gasteiger partial charge in [0.25, 0.3) is 5.91 Å². The first kappa shape index (κ1) is 19.7. The summed E-state index contributed by atoms with van der Waals surface area (Å²) in [4.78, 5) is 18.0. The van der Waals surface area contributed by atoms with E-state index in [1.807, 2.05) is 19.1 Å². The number of aryl methyl sites for hydroxylation is 1. The fourth-order valence-corrected chi connectivity index (χ4v) is 4.49. The number of fused-ring (bicyclic) bond motifs is 1. The molecule has 0 radical (unpaired) electrons. The number of nitrogens with two attached hydrogens (primary N) is 1. The Morgan fingerprint density at radius 2 is 2.00 bits per heavy atom. The molecule has 1 saturated heterocycles. The summed E-state index contributed by atoms with van der Waals surface area (Å²) in [5.74, 6) is -0.809. The van der Waals surface area contributed by atoms with E-state index in [1.165, 1.54) is 23.5 Å². The van der Waals surface area contributed by atoms with Gasteiger partial charge in [0.2, 0.25) is 0 Å². The summed E-state index contributed by atoms with van der Waals surface area (Å²) < 4.78 is 28.7. The van der Waals surface area contributed by atoms with Gasteiger partial charge >= 0.3 is 0 Å². The van der Waals surface area contributed by atoms with E-state index in [1.54, 1.807) is 0 Å². The lowest BCUT2D eigenvalue weighted by Gasteiger charge is -2.27. The van der Waals surface area contributed by atoms with Crippen LogP contribution in [0.1, 0.15) is 26.5 Å². The summed E-state index contributed by atoms with van der Waals surface area (Å²) in [6.07, 6.45) is 0.730. The summed E-state index contributed by atoms with van der Waals surface area (Å²) in [7, 11) is 0. The second-order valence-electron chi connectivity index (χ2n) is 7.42. The number of aromatic nitrogens is 1. The maximum Gasteiger partial charge on any atom is 0.263 e. The van der Waals surface area contributed by atoms with E-state index < -0.39 is 11.6 Å². The largest absolute Gasteiger partial charge is 0.397 e. The average Bonchev–Trinajstić information content (AvgIpc) is 2.97. The molecule has 5 nitrogen and oxygen atoms in total. The topological polar surface area (TPSA) is 80.0 Å². The van der Waals surface area contributed by atoms with Crippen molar-refractivity contribution in [2.45, 2.75) is 19.8 Å². The Bertz CT molecular complexity index is 1080. The predicted molar refractivity (Wildman–Crippen MR) is 111 cm³/mol. The van der Waals surface area contributed by atoms with Crippen molar-refractivity contribution >= 4 is 33.1 Å². The smallest absolute Gasteiger partial charge is 0.263 e. The van der Waals surface area contributed by atoms with Crippen molar-refractivity contribution in [3.8, 4) is 0 Å². The van der Waals surface area contributed by atoms with Crippen LogP contribution in [0.3, 0.4) is 0 Å². The maximum atomic E-state index is 14.4. The molecule has 4 rings (SSSR count). The summed E-state index contributed by atoms with van der Waals surface area (Å²) in [6.45, 7) is 3.73. The number of rotatable bonds is 6. The molecule has 0 aliphatic carbocycles. The van der Waals surface area contributed by atoms with Crippen LogP contribution < -0.4 is 16.4 Å². The molecule has 1 aliphatic rings. The van der Waals surface area contributed by atoms with Crippen molar-refractivity contribution in [2.24, 2.45) is 5.92 Å². The number of hydrogen-bond acceptors (Lipinski definition) is 5. The van der Waals surface area contributed by atoms with Gasteiger partial charge in [-0.15, -0.1) is 11.3 Å². The van der Waals surface area contributed by atoms with Crippen LogP contribution in [0.4, 0.5) is 14.5 Å². The van der Waals surface area contributed by atoms with Crippen molar-refractivity contribution in [3.05, 3.63) is 57.6 Å². The summed E-state index contributed by atoms with van der Waals surface area (Å²) >= 11 is 1.23. The molecule has 8 heteroatoms. The molecule has 0 atom stereocenters. The van der Waals surface area contributed by atoms with Gasteiger partial charge in [-0.25, -0.2) is 13.8 Å². The van der Waals surface area contributed by atoms with Crippen LogP contribution in [0.25, 0.3) is 10.2 Å². The first-order valence-corrected chi connectivity index (χ1v) is 10.4. The van der Waals surface area contributed by atoms with Gasteiger partial charge in [0, 0.05) is 17.6 Å². The van der Waals surface area contributed by atoms with Crippen molar-refractivity contribution in [3.63, 3.8) is 0 Å². The molecule has 0 spiro atoms. The van der Waals surface area contributed by atoms with Crippen molar-refractivity contribution < 1.29 is 13.6 Å². The van der Waals surface area contributed by atoms with Crippen LogP contribution in [0.15, 0.2) is 24.3 Å². The number of nitrogen functional groups attached to an aromatic ring is 1. The number of nitrogens with zero attached hydrogens (tertiary/aromatic N) is 1. The number of carbonyl (C=O) groups excluding carboxylic acids is 1. The first-order chi connectivity index (χ1) is 13.9. The molecule has 2 aromatic heterocycles. The fourth-order valence-electron chi connectivity index (χ4n) is 3.43. The highest BCUT2D eigenvalue weighted by Gasteiger charge is 2.21. The minimum atomic E-state index is -0.441. The van der Waals surface area contributed by atoms with E-state index in [0.29, 0.717) is 33.3 Å². The second kappa shape index (κ2) is 8.04. The zero-order valence-corrected chi connectivity index (χ0v) is 16.8. The Hall–Kier alpha value is -2.58. The van der Waals surface area contributed by atoms with E-state index in [4.69, 9.17) is 5.73 Å². The number of anilines is 1. The van der Waals surface area contributed by atoms with Crippen LogP contribution in [-0.4, -0.2) is 30.5 Å². The number of benzene rings is 1. The van der Waals surface area contributed by atoms with Crippen LogP contribution in [0.2, 0.25) is 0 Å². The van der Waals surface area contributed by atoms with Crippen molar-refractivity contribution in [2.75, 3.05) is 25.4 Å². The monoisotopic (exact) mass is 416 g/mol. The third-order valence-corrected chi connectivity index (χ3v) is 6.32. The normalized spacial score (nSPS) is 14.2. The van der Waals surface area contributed by atoms with Crippen LogP contribution >= 0.6 is 11.3 Å². The first-order valence-electron chi connectivity index (χ1n) is 9.53. The van der Waals surface area contributed by atoms with Gasteiger partial charge in [0.1, 0.15) is 21.3 Å². The minimum absolute atomic E-state index is 0.182. The molecule has 0 unspecified atom stereocenters. The van der Waals surface area contributed by atoms with Gasteiger partial charge in [-0.05, 0) is 74.2 Å². The number of hydrogen-bond donors (Lipinski definition) is 3.